The Balaban J connectivity index is 2.12. The number of phenolic OH excluding ortho intramolecular Hbond substituents is 1. The number of carbonyl (C=O) groups is 2. The Morgan fingerprint density at radius 3 is 2.33 bits per heavy atom. The van der Waals surface area contributed by atoms with E-state index in [1.54, 1.807) is 14.1 Å². The summed E-state index contributed by atoms with van der Waals surface area (Å²) in [5, 5.41) is 28.2. The van der Waals surface area contributed by atoms with Gasteiger partial charge >= 0.3 is 5.97 Å². The maximum atomic E-state index is 15.3. The molecule has 1 heterocycles. The molecule has 3 aromatic rings. The average Bonchev–Trinajstić information content (AvgIpc) is 2.82. The van der Waals surface area contributed by atoms with Crippen LogP contribution in [0, 0.1) is 23.0 Å². The molecular formula is C24H20F2N4O6. The van der Waals surface area contributed by atoms with Crippen molar-refractivity contribution < 1.29 is 38.1 Å². The summed E-state index contributed by atoms with van der Waals surface area (Å²) >= 11 is 0. The minimum absolute atomic E-state index is 0.0205. The smallest absolute Gasteiger partial charge is 0.323 e. The number of anilines is 1. The number of aromatic nitrogens is 1. The van der Waals surface area contributed by atoms with Gasteiger partial charge in [-0.05, 0) is 30.3 Å². The summed E-state index contributed by atoms with van der Waals surface area (Å²) < 4.78 is 41.5. The number of likely N-dealkylation sites (N-methyl/N-ethyl adjacent to an activating group) is 1. The van der Waals surface area contributed by atoms with Crippen LogP contribution >= 0.6 is 0 Å². The highest BCUT2D eigenvalue weighted by Gasteiger charge is 2.28. The molecular weight excluding hydrogens is 478 g/mol. The fraction of sp³-hybridized carbons (Fsp3) is 0.167. The Morgan fingerprint density at radius 1 is 1.06 bits per heavy atom. The van der Waals surface area contributed by atoms with Gasteiger partial charge in [0.15, 0.2) is 11.5 Å². The summed E-state index contributed by atoms with van der Waals surface area (Å²) in [5.74, 6) is -6.91. The van der Waals surface area contributed by atoms with Crippen molar-refractivity contribution in [2.45, 2.75) is 0 Å². The quantitative estimate of drug-likeness (QED) is 0.476. The van der Waals surface area contributed by atoms with E-state index in [0.29, 0.717) is 0 Å². The van der Waals surface area contributed by atoms with Gasteiger partial charge in [0.1, 0.15) is 18.0 Å². The first kappa shape index (κ1) is 25.7. The molecule has 0 spiro atoms. The molecule has 0 aliphatic rings. The van der Waals surface area contributed by atoms with Crippen LogP contribution in [0.3, 0.4) is 0 Å². The molecule has 186 valence electrons. The summed E-state index contributed by atoms with van der Waals surface area (Å²) in [6.45, 7) is -0.779. The first-order valence-electron chi connectivity index (χ1n) is 10.2. The zero-order chi connectivity index (χ0) is 26.6. The molecule has 12 heteroatoms. The lowest BCUT2D eigenvalue weighted by Crippen LogP contribution is -2.27. The first-order chi connectivity index (χ1) is 17.0. The fourth-order valence-electron chi connectivity index (χ4n) is 3.07. The van der Waals surface area contributed by atoms with Gasteiger partial charge in [0, 0.05) is 32.8 Å². The SMILES string of the molecule is CN(C)C(=O)c1cccc(Oc2nc(Oc3cc(C#N)ccc3O)c(F)c(N(C)CC(=O)O)c2F)c1. The molecule has 0 aliphatic carbocycles. The number of nitrogens with zero attached hydrogens (tertiary/aromatic N) is 4. The Hall–Kier alpha value is -4.92. The second-order valence-electron chi connectivity index (χ2n) is 7.67. The summed E-state index contributed by atoms with van der Waals surface area (Å²) in [6.07, 6.45) is 0. The van der Waals surface area contributed by atoms with Crippen LogP contribution in [-0.4, -0.2) is 59.7 Å². The second-order valence-corrected chi connectivity index (χ2v) is 7.67. The van der Waals surface area contributed by atoms with Gasteiger partial charge < -0.3 is 29.5 Å². The predicted molar refractivity (Wildman–Crippen MR) is 122 cm³/mol. The van der Waals surface area contributed by atoms with E-state index in [2.05, 4.69) is 4.98 Å². The maximum Gasteiger partial charge on any atom is 0.323 e. The van der Waals surface area contributed by atoms with E-state index in [9.17, 15) is 14.7 Å². The molecule has 0 radical (unpaired) electrons. The molecule has 0 saturated carbocycles. The zero-order valence-electron chi connectivity index (χ0n) is 19.3. The highest BCUT2D eigenvalue weighted by molar-refractivity contribution is 5.94. The minimum Gasteiger partial charge on any atom is -0.504 e. The molecule has 0 aliphatic heterocycles. The van der Waals surface area contributed by atoms with Crippen LogP contribution in [-0.2, 0) is 4.79 Å². The van der Waals surface area contributed by atoms with E-state index in [4.69, 9.17) is 19.8 Å². The van der Waals surface area contributed by atoms with Gasteiger partial charge in [0.25, 0.3) is 17.7 Å². The molecule has 0 bridgehead atoms. The zero-order valence-corrected chi connectivity index (χ0v) is 19.3. The molecule has 10 nitrogen and oxygen atoms in total. The number of nitriles is 1. The number of aliphatic carboxylic acids is 1. The van der Waals surface area contributed by atoms with E-state index in [1.165, 1.54) is 35.2 Å². The Labute approximate surface area is 204 Å². The number of hydrogen-bond donors (Lipinski definition) is 2. The molecule has 36 heavy (non-hydrogen) atoms. The number of phenols is 1. The molecule has 3 rings (SSSR count). The number of ether oxygens (including phenoxy) is 2. The fourth-order valence-corrected chi connectivity index (χ4v) is 3.07. The summed E-state index contributed by atoms with van der Waals surface area (Å²) in [6, 6.07) is 11.1. The van der Waals surface area contributed by atoms with E-state index in [-0.39, 0.29) is 28.5 Å². The molecule has 2 aromatic carbocycles. The lowest BCUT2D eigenvalue weighted by molar-refractivity contribution is -0.135. The lowest BCUT2D eigenvalue weighted by atomic mass is 10.2. The topological polar surface area (TPSA) is 136 Å². The van der Waals surface area contributed by atoms with Gasteiger partial charge in [-0.15, -0.1) is 0 Å². The molecule has 1 aromatic heterocycles. The molecule has 0 atom stereocenters. The Bertz CT molecular complexity index is 1370. The van der Waals surface area contributed by atoms with Crippen molar-refractivity contribution in [1.29, 1.82) is 5.26 Å². The summed E-state index contributed by atoms with van der Waals surface area (Å²) in [4.78, 5) is 29.2. The van der Waals surface area contributed by atoms with Crippen LogP contribution in [0.15, 0.2) is 42.5 Å². The monoisotopic (exact) mass is 498 g/mol. The predicted octanol–water partition coefficient (Wildman–Crippen LogP) is 3.74. The van der Waals surface area contributed by atoms with Gasteiger partial charge in [-0.25, -0.2) is 0 Å². The molecule has 1 amide bonds. The number of benzene rings is 2. The van der Waals surface area contributed by atoms with Crippen LogP contribution < -0.4 is 14.4 Å². The van der Waals surface area contributed by atoms with E-state index >= 15 is 8.78 Å². The number of rotatable bonds is 8. The number of carbonyl (C=O) groups excluding carboxylic acids is 1. The van der Waals surface area contributed by atoms with Crippen molar-refractivity contribution in [2.24, 2.45) is 0 Å². The van der Waals surface area contributed by atoms with Crippen molar-refractivity contribution in [3.63, 3.8) is 0 Å². The van der Waals surface area contributed by atoms with Gasteiger partial charge in [-0.1, -0.05) is 6.07 Å². The van der Waals surface area contributed by atoms with Gasteiger partial charge in [-0.3, -0.25) is 9.59 Å². The van der Waals surface area contributed by atoms with E-state index in [1.807, 2.05) is 6.07 Å². The molecule has 0 unspecified atom stereocenters. The van der Waals surface area contributed by atoms with Gasteiger partial charge in [0.2, 0.25) is 11.6 Å². The average molecular weight is 498 g/mol. The van der Waals surface area contributed by atoms with Gasteiger partial charge in [0.05, 0.1) is 11.6 Å². The van der Waals surface area contributed by atoms with Gasteiger partial charge in [-0.2, -0.15) is 19.0 Å². The maximum absolute atomic E-state index is 15.3. The normalized spacial score (nSPS) is 10.3. The van der Waals surface area contributed by atoms with Crippen LogP contribution in [0.4, 0.5) is 14.5 Å². The number of hydrogen-bond acceptors (Lipinski definition) is 8. The largest absolute Gasteiger partial charge is 0.504 e. The summed E-state index contributed by atoms with van der Waals surface area (Å²) in [7, 11) is 4.22. The Morgan fingerprint density at radius 2 is 1.72 bits per heavy atom. The number of halogens is 2. The van der Waals surface area contributed by atoms with Crippen molar-refractivity contribution in [3.8, 4) is 35.1 Å². The van der Waals surface area contributed by atoms with Crippen molar-refractivity contribution in [1.82, 2.24) is 9.88 Å². The molecule has 0 fully saturated rings. The third-order valence-corrected chi connectivity index (χ3v) is 4.75. The highest BCUT2D eigenvalue weighted by atomic mass is 19.1. The number of carboxylic acids is 1. The number of aromatic hydroxyl groups is 1. The van der Waals surface area contributed by atoms with Crippen molar-refractivity contribution in [3.05, 3.63) is 65.2 Å². The molecule has 0 saturated heterocycles. The van der Waals surface area contributed by atoms with Crippen LogP contribution in [0.2, 0.25) is 0 Å². The third-order valence-electron chi connectivity index (χ3n) is 4.75. The molecule has 2 N–H and O–H groups in total. The van der Waals surface area contributed by atoms with Crippen LogP contribution in [0.25, 0.3) is 0 Å². The van der Waals surface area contributed by atoms with E-state index < -0.39 is 47.3 Å². The standard InChI is InChI=1S/C24H20F2N4O6/c1-29(2)24(34)14-5-4-6-15(10-14)35-22-19(25)21(30(3)12-18(32)33)20(26)23(28-22)36-17-9-13(11-27)7-8-16(17)31/h4-10,31H,12H2,1-3H3,(H,32,33). The highest BCUT2D eigenvalue weighted by Crippen LogP contribution is 2.39. The second kappa shape index (κ2) is 10.6. The lowest BCUT2D eigenvalue weighted by Gasteiger charge is -2.21. The summed E-state index contributed by atoms with van der Waals surface area (Å²) in [5.41, 5.74) is -0.529. The number of amides is 1. The van der Waals surface area contributed by atoms with Crippen LogP contribution in [0.5, 0.6) is 29.0 Å². The number of pyridine rings is 1. The van der Waals surface area contributed by atoms with Crippen molar-refractivity contribution in [2.75, 3.05) is 32.6 Å². The Kier molecular flexibility index (Phi) is 7.54. The van der Waals surface area contributed by atoms with Crippen LogP contribution in [0.1, 0.15) is 15.9 Å². The van der Waals surface area contributed by atoms with Crippen molar-refractivity contribution >= 4 is 17.6 Å². The first-order valence-corrected chi connectivity index (χ1v) is 10.2. The third kappa shape index (κ3) is 5.58. The minimum atomic E-state index is -1.37. The number of carboxylic acid groups (broad SMARTS) is 1. The van der Waals surface area contributed by atoms with E-state index in [0.717, 1.165) is 24.1 Å².